The molecule has 0 saturated heterocycles. The Balaban J connectivity index is 1.76. The normalized spacial score (nSPS) is 11.2. The second kappa shape index (κ2) is 11.8. The van der Waals surface area contributed by atoms with Crippen molar-refractivity contribution in [2.45, 2.75) is 33.6 Å². The van der Waals surface area contributed by atoms with Crippen molar-refractivity contribution in [2.24, 2.45) is 0 Å². The minimum atomic E-state index is -0.521. The largest absolute Gasteiger partial charge is 0.462 e. The Morgan fingerprint density at radius 1 is 1.05 bits per heavy atom. The number of rotatable bonds is 10. The van der Waals surface area contributed by atoms with Gasteiger partial charge in [-0.3, -0.25) is 0 Å². The van der Waals surface area contributed by atoms with Gasteiger partial charge in [0.05, 0.1) is 24.2 Å². The van der Waals surface area contributed by atoms with Gasteiger partial charge in [0.2, 0.25) is 0 Å². The van der Waals surface area contributed by atoms with Crippen molar-refractivity contribution in [2.75, 3.05) is 32.2 Å². The van der Waals surface area contributed by atoms with Crippen LogP contribution in [-0.4, -0.2) is 48.8 Å². The molecule has 0 radical (unpaired) electrons. The molecule has 37 heavy (non-hydrogen) atoms. The number of carbonyl (C=O) groups excluding carboxylic acids is 2. The molecule has 1 N–H and O–H groups in total. The van der Waals surface area contributed by atoms with Crippen LogP contribution in [0.25, 0.3) is 21.3 Å². The molecule has 0 unspecified atom stereocenters. The highest BCUT2D eigenvalue weighted by molar-refractivity contribution is 7.18. The maximum Gasteiger partial charge on any atom is 0.348 e. The molecule has 0 aliphatic heterocycles. The van der Waals surface area contributed by atoms with Crippen LogP contribution < -0.4 is 5.32 Å². The second-order valence-electron chi connectivity index (χ2n) is 8.56. The van der Waals surface area contributed by atoms with Crippen LogP contribution in [0.1, 0.15) is 57.8 Å². The van der Waals surface area contributed by atoms with Gasteiger partial charge < -0.3 is 19.5 Å². The van der Waals surface area contributed by atoms with Gasteiger partial charge in [-0.05, 0) is 36.5 Å². The predicted molar refractivity (Wildman–Crippen MR) is 147 cm³/mol. The molecule has 4 aromatic rings. The van der Waals surface area contributed by atoms with Gasteiger partial charge in [0.15, 0.2) is 0 Å². The molecule has 4 rings (SSSR count). The zero-order valence-corrected chi connectivity index (χ0v) is 23.0. The molecule has 194 valence electrons. The zero-order chi connectivity index (χ0) is 26.5. The Bertz CT molecular complexity index is 1410. The number of thiophene rings is 2. The van der Waals surface area contributed by atoms with Gasteiger partial charge in [-0.25, -0.2) is 19.6 Å². The number of methoxy groups -OCH3 is 1. The van der Waals surface area contributed by atoms with E-state index in [0.29, 0.717) is 27.2 Å². The first kappa shape index (κ1) is 26.7. The third kappa shape index (κ3) is 5.66. The van der Waals surface area contributed by atoms with Crippen molar-refractivity contribution < 1.29 is 23.8 Å². The van der Waals surface area contributed by atoms with Gasteiger partial charge >= 0.3 is 11.9 Å². The first-order valence-electron chi connectivity index (χ1n) is 11.9. The molecule has 3 aromatic heterocycles. The molecule has 3 heterocycles. The summed E-state index contributed by atoms with van der Waals surface area (Å²) < 4.78 is 15.6. The van der Waals surface area contributed by atoms with E-state index >= 15 is 0 Å². The quantitative estimate of drug-likeness (QED) is 0.178. The van der Waals surface area contributed by atoms with Gasteiger partial charge in [0.25, 0.3) is 0 Å². The van der Waals surface area contributed by atoms with Crippen molar-refractivity contribution in [1.82, 2.24) is 9.97 Å². The monoisotopic (exact) mass is 539 g/mol. The number of anilines is 2. The number of nitrogens with one attached hydrogen (secondary N) is 1. The maximum absolute atomic E-state index is 12.9. The summed E-state index contributed by atoms with van der Waals surface area (Å²) in [5, 5.41) is 6.66. The van der Waals surface area contributed by atoms with Crippen molar-refractivity contribution in [3.63, 3.8) is 0 Å². The Kier molecular flexibility index (Phi) is 8.52. The Hall–Kier alpha value is -3.34. The van der Waals surface area contributed by atoms with Gasteiger partial charge in [0.1, 0.15) is 33.5 Å². The van der Waals surface area contributed by atoms with Gasteiger partial charge in [-0.15, -0.1) is 22.7 Å². The Morgan fingerprint density at radius 3 is 2.49 bits per heavy atom. The summed E-state index contributed by atoms with van der Waals surface area (Å²) in [7, 11) is 1.53. The number of fused-ring (bicyclic) bond motifs is 1. The summed E-state index contributed by atoms with van der Waals surface area (Å²) in [6, 6.07) is 8.45. The summed E-state index contributed by atoms with van der Waals surface area (Å²) >= 11 is 2.66. The first-order chi connectivity index (χ1) is 17.8. The van der Waals surface area contributed by atoms with Crippen LogP contribution in [0, 0.1) is 6.92 Å². The molecular formula is C27H29N3O5S2. The molecule has 0 aliphatic carbocycles. The lowest BCUT2D eigenvalue weighted by Crippen LogP contribution is -2.11. The number of hydrogen-bond donors (Lipinski definition) is 1. The fourth-order valence-corrected chi connectivity index (χ4v) is 5.87. The molecule has 0 atom stereocenters. The number of benzene rings is 1. The molecule has 0 spiro atoms. The standard InChI is InChI=1S/C27H29N3O5S2/c1-6-34-26(31)20-16(4)22(27(32)35-12-11-33-5)37-25(20)30-23-21-19(13-36-24(21)29-14-28-23)18-9-7-17(8-10-18)15(2)3/h7-10,13-15H,6,11-12H2,1-5H3,(H,28,29,30). The van der Waals surface area contributed by atoms with E-state index in [1.54, 1.807) is 13.8 Å². The average Bonchev–Trinajstić information content (AvgIpc) is 3.46. The molecule has 0 amide bonds. The third-order valence-corrected chi connectivity index (χ3v) is 7.90. The van der Waals surface area contributed by atoms with Crippen LogP contribution in [0.5, 0.6) is 0 Å². The van der Waals surface area contributed by atoms with Gasteiger partial charge in [-0.1, -0.05) is 38.1 Å². The fourth-order valence-electron chi connectivity index (χ4n) is 3.87. The number of hydrogen-bond acceptors (Lipinski definition) is 10. The number of nitrogens with zero attached hydrogens (tertiary/aromatic N) is 2. The number of esters is 2. The third-order valence-electron chi connectivity index (χ3n) is 5.82. The van der Waals surface area contributed by atoms with Crippen molar-refractivity contribution in [3.05, 3.63) is 57.5 Å². The number of aromatic nitrogens is 2. The van der Waals surface area contributed by atoms with E-state index < -0.39 is 11.9 Å². The van der Waals surface area contributed by atoms with E-state index in [1.807, 2.05) is 0 Å². The second-order valence-corrected chi connectivity index (χ2v) is 10.4. The van der Waals surface area contributed by atoms with Crippen molar-refractivity contribution in [1.29, 1.82) is 0 Å². The molecular weight excluding hydrogens is 510 g/mol. The van der Waals surface area contributed by atoms with Crippen LogP contribution >= 0.6 is 22.7 Å². The molecule has 0 saturated carbocycles. The zero-order valence-electron chi connectivity index (χ0n) is 21.4. The van der Waals surface area contributed by atoms with E-state index in [-0.39, 0.29) is 25.4 Å². The summed E-state index contributed by atoms with van der Waals surface area (Å²) in [5.74, 6) is -0.0601. The van der Waals surface area contributed by atoms with E-state index in [9.17, 15) is 9.59 Å². The molecule has 10 heteroatoms. The molecule has 0 aliphatic rings. The van der Waals surface area contributed by atoms with Gasteiger partial charge in [0, 0.05) is 18.1 Å². The lowest BCUT2D eigenvalue weighted by molar-refractivity contribution is 0.0393. The van der Waals surface area contributed by atoms with Crippen LogP contribution in [-0.2, 0) is 14.2 Å². The lowest BCUT2D eigenvalue weighted by Gasteiger charge is -2.10. The van der Waals surface area contributed by atoms with E-state index in [2.05, 4.69) is 58.8 Å². The number of carbonyl (C=O) groups is 2. The highest BCUT2D eigenvalue weighted by Gasteiger charge is 2.27. The molecule has 0 fully saturated rings. The minimum Gasteiger partial charge on any atom is -0.462 e. The topological polar surface area (TPSA) is 99.6 Å². The van der Waals surface area contributed by atoms with E-state index in [1.165, 1.54) is 30.3 Å². The molecule has 0 bridgehead atoms. The van der Waals surface area contributed by atoms with Crippen LogP contribution in [0.15, 0.2) is 36.0 Å². The lowest BCUT2D eigenvalue weighted by atomic mass is 9.99. The summed E-state index contributed by atoms with van der Waals surface area (Å²) in [4.78, 5) is 35.7. The highest BCUT2D eigenvalue weighted by Crippen LogP contribution is 2.41. The minimum absolute atomic E-state index is 0.116. The Labute approximate surface area is 223 Å². The predicted octanol–water partition coefficient (Wildman–Crippen LogP) is 6.58. The van der Waals surface area contributed by atoms with Crippen LogP contribution in [0.2, 0.25) is 0 Å². The maximum atomic E-state index is 12.9. The number of ether oxygens (including phenoxy) is 3. The van der Waals surface area contributed by atoms with E-state index in [4.69, 9.17) is 14.2 Å². The van der Waals surface area contributed by atoms with Crippen molar-refractivity contribution in [3.8, 4) is 11.1 Å². The fraction of sp³-hybridized carbons (Fsp3) is 0.333. The Morgan fingerprint density at radius 2 is 1.81 bits per heavy atom. The highest BCUT2D eigenvalue weighted by atomic mass is 32.1. The first-order valence-corrected chi connectivity index (χ1v) is 13.6. The summed E-state index contributed by atoms with van der Waals surface area (Å²) in [6.45, 7) is 8.38. The smallest absolute Gasteiger partial charge is 0.348 e. The van der Waals surface area contributed by atoms with Crippen molar-refractivity contribution >= 4 is 55.6 Å². The van der Waals surface area contributed by atoms with Crippen LogP contribution in [0.3, 0.4) is 0 Å². The van der Waals surface area contributed by atoms with E-state index in [0.717, 1.165) is 32.7 Å². The SMILES string of the molecule is CCOC(=O)c1c(Nc2ncnc3scc(-c4ccc(C(C)C)cc4)c23)sc(C(=O)OCCOC)c1C. The average molecular weight is 540 g/mol. The summed E-state index contributed by atoms with van der Waals surface area (Å²) in [5.41, 5.74) is 4.08. The van der Waals surface area contributed by atoms with Gasteiger partial charge in [-0.2, -0.15) is 0 Å². The summed E-state index contributed by atoms with van der Waals surface area (Å²) in [6.07, 6.45) is 1.48. The molecule has 1 aromatic carbocycles. The molecule has 8 nitrogen and oxygen atoms in total. The van der Waals surface area contributed by atoms with Crippen LogP contribution in [0.4, 0.5) is 10.8 Å².